The number of rotatable bonds is 6. The number of likely N-dealkylation sites (tertiary alicyclic amines) is 1. The lowest BCUT2D eigenvalue weighted by molar-refractivity contribution is -0.124. The summed E-state index contributed by atoms with van der Waals surface area (Å²) in [5.74, 6) is 1.20. The largest absolute Gasteiger partial charge is 0.354 e. The number of amides is 1. The molecule has 0 aliphatic carbocycles. The molecule has 2 aliphatic rings. The van der Waals surface area contributed by atoms with Gasteiger partial charge in [-0.1, -0.05) is 13.8 Å². The van der Waals surface area contributed by atoms with E-state index in [9.17, 15) is 4.79 Å². The average molecular weight is 253 g/mol. The molecule has 4 heteroatoms. The third-order valence-corrected chi connectivity index (χ3v) is 4.18. The zero-order valence-corrected chi connectivity index (χ0v) is 11.7. The van der Waals surface area contributed by atoms with Gasteiger partial charge in [0, 0.05) is 19.1 Å². The lowest BCUT2D eigenvalue weighted by atomic mass is 9.91. The minimum Gasteiger partial charge on any atom is -0.354 e. The van der Waals surface area contributed by atoms with E-state index in [0.717, 1.165) is 39.1 Å². The van der Waals surface area contributed by atoms with E-state index in [-0.39, 0.29) is 11.8 Å². The maximum absolute atomic E-state index is 11.7. The van der Waals surface area contributed by atoms with Crippen LogP contribution in [0.25, 0.3) is 0 Å². The van der Waals surface area contributed by atoms with Crippen LogP contribution in [0.2, 0.25) is 0 Å². The second-order valence-electron chi connectivity index (χ2n) is 5.87. The standard InChI is InChI=1S/C14H27N3O/c1-3-6-15-8-11(2)10-17-7-4-5-12-13(17)9-16-14(12)18/h11-13,15H,3-10H2,1-2H3,(H,16,18). The van der Waals surface area contributed by atoms with Crippen LogP contribution in [-0.4, -0.2) is 49.6 Å². The summed E-state index contributed by atoms with van der Waals surface area (Å²) >= 11 is 0. The first-order chi connectivity index (χ1) is 8.72. The number of hydrogen-bond donors (Lipinski definition) is 2. The SMILES string of the molecule is CCCNCC(C)CN1CCCC2C(=O)NCC21. The van der Waals surface area contributed by atoms with Crippen molar-refractivity contribution in [3.8, 4) is 0 Å². The van der Waals surface area contributed by atoms with Gasteiger partial charge in [0.15, 0.2) is 0 Å². The molecule has 18 heavy (non-hydrogen) atoms. The van der Waals surface area contributed by atoms with E-state index in [4.69, 9.17) is 0 Å². The summed E-state index contributed by atoms with van der Waals surface area (Å²) in [6.45, 7) is 9.83. The Bertz CT molecular complexity index is 282. The third-order valence-electron chi connectivity index (χ3n) is 4.18. The molecule has 104 valence electrons. The Hall–Kier alpha value is -0.610. The Labute approximate surface area is 110 Å². The van der Waals surface area contributed by atoms with Crippen LogP contribution in [0.3, 0.4) is 0 Å². The van der Waals surface area contributed by atoms with E-state index in [1.165, 1.54) is 12.8 Å². The van der Waals surface area contributed by atoms with Crippen LogP contribution in [0.4, 0.5) is 0 Å². The van der Waals surface area contributed by atoms with Crippen molar-refractivity contribution < 1.29 is 4.79 Å². The zero-order chi connectivity index (χ0) is 13.0. The first-order valence-electron chi connectivity index (χ1n) is 7.44. The minimum atomic E-state index is 0.259. The van der Waals surface area contributed by atoms with Crippen LogP contribution in [0.1, 0.15) is 33.1 Å². The van der Waals surface area contributed by atoms with Crippen molar-refractivity contribution in [3.05, 3.63) is 0 Å². The molecule has 0 radical (unpaired) electrons. The molecular weight excluding hydrogens is 226 g/mol. The van der Waals surface area contributed by atoms with E-state index >= 15 is 0 Å². The second-order valence-corrected chi connectivity index (χ2v) is 5.87. The Kier molecular flexibility index (Phi) is 5.01. The predicted molar refractivity (Wildman–Crippen MR) is 73.4 cm³/mol. The van der Waals surface area contributed by atoms with Crippen LogP contribution < -0.4 is 10.6 Å². The third kappa shape index (κ3) is 3.23. The minimum absolute atomic E-state index is 0.259. The van der Waals surface area contributed by atoms with Crippen molar-refractivity contribution in [1.29, 1.82) is 0 Å². The molecule has 0 bridgehead atoms. The van der Waals surface area contributed by atoms with E-state index in [1.54, 1.807) is 0 Å². The Morgan fingerprint density at radius 3 is 3.17 bits per heavy atom. The maximum atomic E-state index is 11.7. The molecule has 4 nitrogen and oxygen atoms in total. The molecule has 2 N–H and O–H groups in total. The first kappa shape index (κ1) is 13.8. The van der Waals surface area contributed by atoms with Crippen LogP contribution in [0, 0.1) is 11.8 Å². The van der Waals surface area contributed by atoms with Crippen molar-refractivity contribution in [2.45, 2.75) is 39.2 Å². The van der Waals surface area contributed by atoms with E-state index in [0.29, 0.717) is 12.0 Å². The van der Waals surface area contributed by atoms with Crippen LogP contribution in [0.5, 0.6) is 0 Å². The number of fused-ring (bicyclic) bond motifs is 1. The van der Waals surface area contributed by atoms with Gasteiger partial charge in [0.2, 0.25) is 5.91 Å². The van der Waals surface area contributed by atoms with Gasteiger partial charge in [0.05, 0.1) is 5.92 Å². The molecule has 2 saturated heterocycles. The molecule has 0 spiro atoms. The Morgan fingerprint density at radius 2 is 2.39 bits per heavy atom. The van der Waals surface area contributed by atoms with Gasteiger partial charge >= 0.3 is 0 Å². The summed E-state index contributed by atoms with van der Waals surface area (Å²) < 4.78 is 0. The molecule has 0 aromatic rings. The fourth-order valence-corrected chi connectivity index (χ4v) is 3.26. The highest BCUT2D eigenvalue weighted by Gasteiger charge is 2.40. The molecule has 1 amide bonds. The molecule has 0 aromatic heterocycles. The molecular formula is C14H27N3O. The molecule has 2 aliphatic heterocycles. The van der Waals surface area contributed by atoms with Gasteiger partial charge in [-0.2, -0.15) is 0 Å². The van der Waals surface area contributed by atoms with Gasteiger partial charge < -0.3 is 10.6 Å². The predicted octanol–water partition coefficient (Wildman–Crippen LogP) is 0.833. The van der Waals surface area contributed by atoms with Crippen molar-refractivity contribution in [2.75, 3.05) is 32.7 Å². The molecule has 3 unspecified atom stereocenters. The second kappa shape index (κ2) is 6.53. The van der Waals surface area contributed by atoms with Gasteiger partial charge in [-0.15, -0.1) is 0 Å². The van der Waals surface area contributed by atoms with Gasteiger partial charge in [-0.3, -0.25) is 9.69 Å². The highest BCUT2D eigenvalue weighted by molar-refractivity contribution is 5.82. The Balaban J connectivity index is 1.79. The van der Waals surface area contributed by atoms with Crippen LogP contribution in [-0.2, 0) is 4.79 Å². The quantitative estimate of drug-likeness (QED) is 0.689. The average Bonchev–Trinajstić information content (AvgIpc) is 2.73. The molecule has 2 rings (SSSR count). The van der Waals surface area contributed by atoms with Crippen molar-refractivity contribution in [2.24, 2.45) is 11.8 Å². The maximum Gasteiger partial charge on any atom is 0.224 e. The monoisotopic (exact) mass is 253 g/mol. The van der Waals surface area contributed by atoms with Crippen LogP contribution in [0.15, 0.2) is 0 Å². The highest BCUT2D eigenvalue weighted by atomic mass is 16.2. The Morgan fingerprint density at radius 1 is 1.56 bits per heavy atom. The first-order valence-corrected chi connectivity index (χ1v) is 7.44. The molecule has 0 saturated carbocycles. The van der Waals surface area contributed by atoms with E-state index < -0.39 is 0 Å². The fraction of sp³-hybridized carbons (Fsp3) is 0.929. The summed E-state index contributed by atoms with van der Waals surface area (Å²) in [4.78, 5) is 14.2. The van der Waals surface area contributed by atoms with Gasteiger partial charge in [-0.25, -0.2) is 0 Å². The lowest BCUT2D eigenvalue weighted by Crippen LogP contribution is -2.48. The summed E-state index contributed by atoms with van der Waals surface area (Å²) in [5.41, 5.74) is 0. The van der Waals surface area contributed by atoms with Crippen molar-refractivity contribution in [3.63, 3.8) is 0 Å². The highest BCUT2D eigenvalue weighted by Crippen LogP contribution is 2.27. The van der Waals surface area contributed by atoms with E-state index in [1.807, 2.05) is 0 Å². The topological polar surface area (TPSA) is 44.4 Å². The van der Waals surface area contributed by atoms with Gasteiger partial charge in [0.25, 0.3) is 0 Å². The van der Waals surface area contributed by atoms with Gasteiger partial charge in [0.1, 0.15) is 0 Å². The number of piperidine rings is 1. The van der Waals surface area contributed by atoms with Crippen molar-refractivity contribution in [1.82, 2.24) is 15.5 Å². The molecule has 2 heterocycles. The number of nitrogens with zero attached hydrogens (tertiary/aromatic N) is 1. The number of hydrogen-bond acceptors (Lipinski definition) is 3. The number of nitrogens with one attached hydrogen (secondary N) is 2. The normalized spacial score (nSPS) is 30.0. The summed E-state index contributed by atoms with van der Waals surface area (Å²) in [7, 11) is 0. The lowest BCUT2D eigenvalue weighted by Gasteiger charge is -2.37. The molecule has 3 atom stereocenters. The summed E-state index contributed by atoms with van der Waals surface area (Å²) in [5, 5.41) is 6.50. The fourth-order valence-electron chi connectivity index (χ4n) is 3.26. The van der Waals surface area contributed by atoms with Crippen molar-refractivity contribution >= 4 is 5.91 Å². The molecule has 2 fully saturated rings. The molecule has 0 aromatic carbocycles. The zero-order valence-electron chi connectivity index (χ0n) is 11.7. The summed E-state index contributed by atoms with van der Waals surface area (Å²) in [6.07, 6.45) is 3.44. The van der Waals surface area contributed by atoms with Crippen LogP contribution >= 0.6 is 0 Å². The smallest absolute Gasteiger partial charge is 0.224 e. The summed E-state index contributed by atoms with van der Waals surface area (Å²) in [6, 6.07) is 0.458. The van der Waals surface area contributed by atoms with Gasteiger partial charge in [-0.05, 0) is 44.8 Å². The number of carbonyl (C=O) groups excluding carboxylic acids is 1. The van der Waals surface area contributed by atoms with E-state index in [2.05, 4.69) is 29.4 Å². The number of carbonyl (C=O) groups is 1.